The van der Waals surface area contributed by atoms with Crippen LogP contribution < -0.4 is 0 Å². The van der Waals surface area contributed by atoms with Crippen molar-refractivity contribution in [3.8, 4) is 6.07 Å². The van der Waals surface area contributed by atoms with Crippen LogP contribution in [0.5, 0.6) is 0 Å². The second-order valence-corrected chi connectivity index (χ2v) is 6.03. The molecule has 0 aromatic heterocycles. The molecule has 0 radical (unpaired) electrons. The largest absolute Gasteiger partial charge is 0.339 e. The Bertz CT molecular complexity index is 803. The van der Waals surface area contributed by atoms with Crippen molar-refractivity contribution in [2.24, 2.45) is 0 Å². The van der Waals surface area contributed by atoms with Crippen molar-refractivity contribution < 1.29 is 9.59 Å². The fourth-order valence-corrected chi connectivity index (χ4v) is 2.95. The maximum atomic E-state index is 12.5. The lowest BCUT2D eigenvalue weighted by atomic mass is 10.1. The van der Waals surface area contributed by atoms with Crippen molar-refractivity contribution in [2.75, 3.05) is 26.2 Å². The first-order valence-corrected chi connectivity index (χ1v) is 8.28. The number of rotatable bonds is 3. The summed E-state index contributed by atoms with van der Waals surface area (Å²) in [6.45, 7) is 2.09. The Morgan fingerprint density at radius 1 is 0.920 bits per heavy atom. The zero-order chi connectivity index (χ0) is 17.6. The van der Waals surface area contributed by atoms with Crippen LogP contribution in [0.2, 0.25) is 0 Å². The molecule has 5 nitrogen and oxygen atoms in total. The highest BCUT2D eigenvalue weighted by molar-refractivity contribution is 5.94. The maximum Gasteiger partial charge on any atom is 0.254 e. The smallest absolute Gasteiger partial charge is 0.254 e. The van der Waals surface area contributed by atoms with Gasteiger partial charge < -0.3 is 9.80 Å². The van der Waals surface area contributed by atoms with Gasteiger partial charge in [-0.15, -0.1) is 0 Å². The van der Waals surface area contributed by atoms with E-state index in [0.29, 0.717) is 43.7 Å². The molecule has 0 bridgehead atoms. The third kappa shape index (κ3) is 4.04. The molecule has 0 N–H and O–H groups in total. The van der Waals surface area contributed by atoms with Crippen molar-refractivity contribution in [2.45, 2.75) is 6.42 Å². The molecule has 25 heavy (non-hydrogen) atoms. The third-order valence-corrected chi connectivity index (χ3v) is 4.36. The number of carbonyl (C=O) groups is 2. The fraction of sp³-hybridized carbons (Fsp3) is 0.250. The summed E-state index contributed by atoms with van der Waals surface area (Å²) in [7, 11) is 0. The van der Waals surface area contributed by atoms with E-state index in [1.165, 1.54) is 0 Å². The molecule has 1 saturated heterocycles. The van der Waals surface area contributed by atoms with Crippen molar-refractivity contribution >= 4 is 11.8 Å². The van der Waals surface area contributed by atoms with Gasteiger partial charge in [-0.1, -0.05) is 36.4 Å². The number of piperazine rings is 1. The topological polar surface area (TPSA) is 64.4 Å². The summed E-state index contributed by atoms with van der Waals surface area (Å²) >= 11 is 0. The van der Waals surface area contributed by atoms with Crippen LogP contribution in [0.25, 0.3) is 0 Å². The lowest BCUT2D eigenvalue weighted by Crippen LogP contribution is -2.51. The highest BCUT2D eigenvalue weighted by atomic mass is 16.2. The summed E-state index contributed by atoms with van der Waals surface area (Å²) in [6.07, 6.45) is 0.388. The van der Waals surface area contributed by atoms with Gasteiger partial charge in [0.2, 0.25) is 5.91 Å². The molecule has 0 unspecified atom stereocenters. The molecule has 126 valence electrons. The van der Waals surface area contributed by atoms with Gasteiger partial charge in [0.05, 0.1) is 18.1 Å². The van der Waals surface area contributed by atoms with Crippen molar-refractivity contribution in [3.05, 3.63) is 71.3 Å². The highest BCUT2D eigenvalue weighted by Crippen LogP contribution is 2.12. The minimum absolute atomic E-state index is 0.0878. The Morgan fingerprint density at radius 3 is 2.28 bits per heavy atom. The molecule has 5 heteroatoms. The molecule has 0 spiro atoms. The summed E-state index contributed by atoms with van der Waals surface area (Å²) < 4.78 is 0. The van der Waals surface area contributed by atoms with Crippen LogP contribution in [0.15, 0.2) is 54.6 Å². The van der Waals surface area contributed by atoms with E-state index in [4.69, 9.17) is 5.26 Å². The first-order valence-electron chi connectivity index (χ1n) is 8.28. The molecule has 2 aromatic rings. The molecule has 1 heterocycles. The SMILES string of the molecule is N#Cc1cccc(C(=O)N2CCN(C(=O)Cc3ccccc3)CC2)c1. The minimum Gasteiger partial charge on any atom is -0.339 e. The summed E-state index contributed by atoms with van der Waals surface area (Å²) in [5.74, 6) is -0.00275. The summed E-state index contributed by atoms with van der Waals surface area (Å²) in [4.78, 5) is 28.5. The zero-order valence-corrected chi connectivity index (χ0v) is 13.9. The van der Waals surface area contributed by atoms with Crippen molar-refractivity contribution in [3.63, 3.8) is 0 Å². The van der Waals surface area contributed by atoms with E-state index in [0.717, 1.165) is 5.56 Å². The molecule has 2 amide bonds. The molecular weight excluding hydrogens is 314 g/mol. The van der Waals surface area contributed by atoms with Gasteiger partial charge in [0.25, 0.3) is 5.91 Å². The average molecular weight is 333 g/mol. The van der Waals surface area contributed by atoms with Crippen molar-refractivity contribution in [1.82, 2.24) is 9.80 Å². The van der Waals surface area contributed by atoms with Gasteiger partial charge in [0, 0.05) is 31.7 Å². The molecule has 0 aliphatic carbocycles. The first kappa shape index (κ1) is 16.7. The number of benzene rings is 2. The van der Waals surface area contributed by atoms with E-state index in [9.17, 15) is 9.59 Å². The predicted molar refractivity (Wildman–Crippen MR) is 93.8 cm³/mol. The number of hydrogen-bond acceptors (Lipinski definition) is 3. The molecule has 1 aliphatic rings. The second kappa shape index (κ2) is 7.63. The first-order chi connectivity index (χ1) is 12.2. The second-order valence-electron chi connectivity index (χ2n) is 6.03. The van der Waals surface area contributed by atoms with Gasteiger partial charge in [0.1, 0.15) is 0 Å². The number of amides is 2. The van der Waals surface area contributed by atoms with Crippen LogP contribution in [-0.2, 0) is 11.2 Å². The van der Waals surface area contributed by atoms with Gasteiger partial charge >= 0.3 is 0 Å². The lowest BCUT2D eigenvalue weighted by molar-refractivity contribution is -0.131. The van der Waals surface area contributed by atoms with Crippen LogP contribution >= 0.6 is 0 Å². The van der Waals surface area contributed by atoms with E-state index < -0.39 is 0 Å². The van der Waals surface area contributed by atoms with Crippen molar-refractivity contribution in [1.29, 1.82) is 5.26 Å². The van der Waals surface area contributed by atoms with Crippen LogP contribution in [-0.4, -0.2) is 47.8 Å². The quantitative estimate of drug-likeness (QED) is 0.864. The number of carbonyl (C=O) groups excluding carboxylic acids is 2. The molecule has 0 saturated carbocycles. The standard InChI is InChI=1S/C20H19N3O2/c21-15-17-7-4-8-18(13-17)20(25)23-11-9-22(10-12-23)19(24)14-16-5-2-1-3-6-16/h1-8,13H,9-12,14H2. The van der Waals surface area contributed by atoms with Crippen LogP contribution in [0, 0.1) is 11.3 Å². The van der Waals surface area contributed by atoms with Gasteiger partial charge in [-0.05, 0) is 23.8 Å². The normalized spacial score (nSPS) is 14.0. The molecule has 1 fully saturated rings. The third-order valence-electron chi connectivity index (χ3n) is 4.36. The van der Waals surface area contributed by atoms with Gasteiger partial charge in [-0.25, -0.2) is 0 Å². The highest BCUT2D eigenvalue weighted by Gasteiger charge is 2.24. The van der Waals surface area contributed by atoms with Gasteiger partial charge in [-0.2, -0.15) is 5.26 Å². The molecule has 2 aromatic carbocycles. The Balaban J connectivity index is 1.57. The maximum absolute atomic E-state index is 12.5. The molecule has 3 rings (SSSR count). The van der Waals surface area contributed by atoms with E-state index in [1.807, 2.05) is 41.3 Å². The number of nitrogens with zero attached hydrogens (tertiary/aromatic N) is 3. The Kier molecular flexibility index (Phi) is 5.10. The lowest BCUT2D eigenvalue weighted by Gasteiger charge is -2.35. The summed E-state index contributed by atoms with van der Waals surface area (Å²) in [6, 6.07) is 18.4. The predicted octanol–water partition coefficient (Wildman–Crippen LogP) is 2.09. The summed E-state index contributed by atoms with van der Waals surface area (Å²) in [5, 5.41) is 8.95. The molecular formula is C20H19N3O2. The monoisotopic (exact) mass is 333 g/mol. The summed E-state index contributed by atoms with van der Waals surface area (Å²) in [5.41, 5.74) is 1.99. The Morgan fingerprint density at radius 2 is 1.60 bits per heavy atom. The van der Waals surface area contributed by atoms with Gasteiger partial charge in [-0.3, -0.25) is 9.59 Å². The van der Waals surface area contributed by atoms with E-state index >= 15 is 0 Å². The molecule has 0 atom stereocenters. The average Bonchev–Trinajstić information content (AvgIpc) is 2.68. The number of nitriles is 1. The Labute approximate surface area is 147 Å². The van der Waals surface area contributed by atoms with Crippen LogP contribution in [0.3, 0.4) is 0 Å². The zero-order valence-electron chi connectivity index (χ0n) is 13.9. The van der Waals surface area contributed by atoms with E-state index in [1.54, 1.807) is 29.2 Å². The van der Waals surface area contributed by atoms with E-state index in [-0.39, 0.29) is 11.8 Å². The van der Waals surface area contributed by atoms with Crippen LogP contribution in [0.4, 0.5) is 0 Å². The fourth-order valence-electron chi connectivity index (χ4n) is 2.95. The number of hydrogen-bond donors (Lipinski definition) is 0. The van der Waals surface area contributed by atoms with E-state index in [2.05, 4.69) is 0 Å². The van der Waals surface area contributed by atoms with Crippen LogP contribution in [0.1, 0.15) is 21.5 Å². The van der Waals surface area contributed by atoms with Gasteiger partial charge in [0.15, 0.2) is 0 Å². The Hall–Kier alpha value is -3.13. The minimum atomic E-state index is -0.0905. The molecule has 1 aliphatic heterocycles.